The molecule has 8 amide bonds. The second-order valence-electron chi connectivity index (χ2n) is 20.8. The van der Waals surface area contributed by atoms with Crippen molar-refractivity contribution in [3.8, 4) is 11.4 Å². The van der Waals surface area contributed by atoms with Crippen LogP contribution in [-0.4, -0.2) is 118 Å². The fourth-order valence-electron chi connectivity index (χ4n) is 11.3. The van der Waals surface area contributed by atoms with Gasteiger partial charge in [-0.15, -0.1) is 0 Å². The normalized spacial score (nSPS) is 20.0. The number of aromatic nitrogens is 2. The van der Waals surface area contributed by atoms with Crippen molar-refractivity contribution < 1.29 is 62.1 Å². The maximum absolute atomic E-state index is 15.5. The van der Waals surface area contributed by atoms with E-state index in [-0.39, 0.29) is 99.0 Å². The van der Waals surface area contributed by atoms with Gasteiger partial charge in [0, 0.05) is 60.0 Å². The number of esters is 1. The Hall–Kier alpha value is -8.18. The number of unbranched alkanes of at least 4 members (excludes halogenated alkanes) is 2. The zero-order chi connectivity index (χ0) is 56.8. The van der Waals surface area contributed by atoms with Crippen LogP contribution in [-0.2, 0) is 84.2 Å². The molecule has 22 nitrogen and oxygen atoms in total. The lowest BCUT2D eigenvalue weighted by molar-refractivity contribution is -0.172. The molecule has 4 aromatic rings. The lowest BCUT2D eigenvalue weighted by Gasteiger charge is -2.32. The minimum atomic E-state index is -2.02. The van der Waals surface area contributed by atoms with E-state index in [1.807, 2.05) is 0 Å². The Morgan fingerprint density at radius 1 is 0.838 bits per heavy atom. The van der Waals surface area contributed by atoms with Crippen LogP contribution in [0.25, 0.3) is 22.3 Å². The number of rotatable bonds is 22. The molecule has 1 saturated carbocycles. The molecule has 3 atom stereocenters. The van der Waals surface area contributed by atoms with Crippen molar-refractivity contribution in [1.29, 1.82) is 0 Å². The highest BCUT2D eigenvalue weighted by Gasteiger charge is 2.46. The van der Waals surface area contributed by atoms with Crippen molar-refractivity contribution in [2.24, 2.45) is 5.92 Å². The minimum Gasteiger partial charge on any atom is -0.458 e. The van der Waals surface area contributed by atoms with Crippen molar-refractivity contribution in [3.63, 3.8) is 0 Å². The number of carbonyl (C=O) groups excluding carboxylic acids is 9. The van der Waals surface area contributed by atoms with Gasteiger partial charge in [0.2, 0.25) is 35.4 Å². The average molecular weight is 1100 g/mol. The van der Waals surface area contributed by atoms with Gasteiger partial charge in [-0.1, -0.05) is 43.7 Å². The molecule has 7 N–H and O–H groups in total. The molecule has 0 unspecified atom stereocenters. The summed E-state index contributed by atoms with van der Waals surface area (Å²) >= 11 is 0. The molecule has 0 spiro atoms. The highest BCUT2D eigenvalue weighted by molar-refractivity contribution is 6.12. The third-order valence-corrected chi connectivity index (χ3v) is 15.8. The number of aryl methyl sites for hydroxylation is 1. The quantitative estimate of drug-likeness (QED) is 0.0225. The fraction of sp³-hybridized carbons (Fsp3) is 0.456. The Morgan fingerprint density at radius 3 is 2.27 bits per heavy atom. The first kappa shape index (κ1) is 56.5. The van der Waals surface area contributed by atoms with Crippen molar-refractivity contribution in [2.75, 3.05) is 32.9 Å². The van der Waals surface area contributed by atoms with Gasteiger partial charge in [-0.2, -0.15) is 0 Å². The Bertz CT molecular complexity index is 3250. The molecule has 2 aromatic heterocycles. The van der Waals surface area contributed by atoms with Gasteiger partial charge >= 0.3 is 5.97 Å². The summed E-state index contributed by atoms with van der Waals surface area (Å²) in [6.45, 7) is 1.95. The first-order valence-electron chi connectivity index (χ1n) is 27.1. The number of cyclic esters (lactones) is 1. The van der Waals surface area contributed by atoms with Gasteiger partial charge < -0.3 is 51.0 Å². The molecule has 422 valence electrons. The van der Waals surface area contributed by atoms with Crippen LogP contribution in [0, 0.1) is 18.7 Å². The minimum absolute atomic E-state index is 0.0245. The number of halogens is 1. The first-order valence-corrected chi connectivity index (χ1v) is 27.1. The number of pyridine rings is 2. The molecule has 3 aliphatic heterocycles. The van der Waals surface area contributed by atoms with Gasteiger partial charge in [-0.25, -0.2) is 14.2 Å². The third-order valence-electron chi connectivity index (χ3n) is 15.8. The highest BCUT2D eigenvalue weighted by Crippen LogP contribution is 2.46. The van der Waals surface area contributed by atoms with Crippen molar-refractivity contribution in [3.05, 3.63) is 110 Å². The SMILES string of the molecule is CC[C@@]1(O)C(=O)OCc2c1cc1n(c2=O)Cc2c-1nc1cc(F)c(C)c3c1c2[C@@H](NC(=O)[C@H]1CC[C@@H](OCNC(=O)CNC(=O)[C@H](Cc2ccccc2)NC(=O)CNC(=O)CNC(=O)CCCCCN2C(=O)C=CC2=O)CC1)CC3. The van der Waals surface area contributed by atoms with E-state index in [4.69, 9.17) is 14.5 Å². The van der Waals surface area contributed by atoms with E-state index >= 15 is 4.39 Å². The van der Waals surface area contributed by atoms with E-state index in [1.54, 1.807) is 50.2 Å². The van der Waals surface area contributed by atoms with Gasteiger partial charge in [-0.3, -0.25) is 48.1 Å². The number of hydrogen-bond donors (Lipinski definition) is 7. The number of nitrogens with zero attached hydrogens (tertiary/aromatic N) is 3. The summed E-state index contributed by atoms with van der Waals surface area (Å²) in [5, 5.41) is 28.1. The summed E-state index contributed by atoms with van der Waals surface area (Å²) in [5.41, 5.74) is 2.52. The zero-order valence-corrected chi connectivity index (χ0v) is 44.5. The topological polar surface area (TPSA) is 303 Å². The van der Waals surface area contributed by atoms with Gasteiger partial charge in [0.1, 0.15) is 25.2 Å². The predicted octanol–water partition coefficient (Wildman–Crippen LogP) is 1.84. The largest absolute Gasteiger partial charge is 0.458 e. The lowest BCUT2D eigenvalue weighted by Crippen LogP contribution is -2.52. The standard InChI is InChI=1S/C57H64FN9O13/c1-3-57(78)38-23-43-52-36(28-67(43)55(76)37(38)29-79-56(57)77)51-40(18-17-35-31(2)39(58)24-41(64-52)50(35)51)65-53(74)33-13-15-34(16-14-33)80-30-62-46(70)26-61-54(75)42(22-32-10-6-4-7-11-32)63-47(71)27-60-45(69)25-59-44(68)12-8-5-9-21-66-48(72)19-20-49(66)73/h4,6-7,10-11,19-20,23-24,33-34,40,42,78H,3,5,8-9,12-18,21-22,25-30H2,1-2H3,(H,59,68)(H,60,69)(H,61,75)(H,62,70)(H,63,71)(H,65,74)/t33-,34+,40-,42-,57-/m0/s1. The molecular weight excluding hydrogens is 1040 g/mol. The van der Waals surface area contributed by atoms with E-state index < -0.39 is 71.7 Å². The van der Waals surface area contributed by atoms with Crippen LogP contribution in [0.2, 0.25) is 0 Å². The molecular formula is C57H64FN9O13. The molecule has 1 fully saturated rings. The number of benzene rings is 2. The van der Waals surface area contributed by atoms with E-state index in [2.05, 4.69) is 31.9 Å². The number of carbonyl (C=O) groups is 9. The molecule has 9 rings (SSSR count). The first-order chi connectivity index (χ1) is 38.4. The summed E-state index contributed by atoms with van der Waals surface area (Å²) in [4.78, 5) is 134. The van der Waals surface area contributed by atoms with Crippen LogP contribution in [0.5, 0.6) is 0 Å². The van der Waals surface area contributed by atoms with Crippen molar-refractivity contribution >= 4 is 64.1 Å². The zero-order valence-electron chi connectivity index (χ0n) is 44.5. The monoisotopic (exact) mass is 1100 g/mol. The number of nitrogens with one attached hydrogen (secondary N) is 6. The maximum Gasteiger partial charge on any atom is 0.343 e. The van der Waals surface area contributed by atoms with E-state index in [1.165, 1.54) is 22.8 Å². The molecule has 5 aliphatic rings. The highest BCUT2D eigenvalue weighted by atomic mass is 19.1. The van der Waals surface area contributed by atoms with Crippen LogP contribution in [0.15, 0.2) is 59.4 Å². The Labute approximate surface area is 459 Å². The van der Waals surface area contributed by atoms with Crippen molar-refractivity contribution in [1.82, 2.24) is 46.4 Å². The number of ether oxygens (including phenoxy) is 2. The summed E-state index contributed by atoms with van der Waals surface area (Å²) in [5.74, 6) is -5.42. The second-order valence-corrected chi connectivity index (χ2v) is 20.8. The van der Waals surface area contributed by atoms with Crippen LogP contribution in [0.4, 0.5) is 4.39 Å². The lowest BCUT2D eigenvalue weighted by atomic mass is 9.81. The van der Waals surface area contributed by atoms with E-state index in [0.29, 0.717) is 85.8 Å². The second kappa shape index (κ2) is 24.5. The van der Waals surface area contributed by atoms with Gasteiger partial charge in [0.15, 0.2) is 5.60 Å². The predicted molar refractivity (Wildman–Crippen MR) is 284 cm³/mol. The molecule has 0 saturated heterocycles. The van der Waals surface area contributed by atoms with Gasteiger partial charge in [0.25, 0.3) is 17.4 Å². The number of amides is 8. The summed E-state index contributed by atoms with van der Waals surface area (Å²) < 4.78 is 28.2. The summed E-state index contributed by atoms with van der Waals surface area (Å²) in [6.07, 6.45) is 6.90. The number of imide groups is 1. The van der Waals surface area contributed by atoms with Crippen LogP contribution in [0.3, 0.4) is 0 Å². The molecule has 23 heteroatoms. The van der Waals surface area contributed by atoms with Gasteiger partial charge in [-0.05, 0) is 93.0 Å². The summed E-state index contributed by atoms with van der Waals surface area (Å²) in [6, 6.07) is 10.2. The number of aliphatic hydroxyl groups is 1. The summed E-state index contributed by atoms with van der Waals surface area (Å²) in [7, 11) is 0. The molecule has 0 bridgehead atoms. The van der Waals surface area contributed by atoms with Crippen LogP contribution < -0.4 is 37.5 Å². The number of fused-ring (bicyclic) bond motifs is 5. The van der Waals surface area contributed by atoms with Crippen LogP contribution >= 0.6 is 0 Å². The average Bonchev–Trinajstić information content (AvgIpc) is 4.07. The fourth-order valence-corrected chi connectivity index (χ4v) is 11.3. The Balaban J connectivity index is 0.722. The Morgan fingerprint density at radius 2 is 1.54 bits per heavy atom. The number of hydrogen-bond acceptors (Lipinski definition) is 14. The smallest absolute Gasteiger partial charge is 0.343 e. The van der Waals surface area contributed by atoms with E-state index in [9.17, 15) is 53.1 Å². The maximum atomic E-state index is 15.5. The molecule has 5 heterocycles. The molecule has 2 aliphatic carbocycles. The van der Waals surface area contributed by atoms with E-state index in [0.717, 1.165) is 27.0 Å². The van der Waals surface area contributed by atoms with Crippen molar-refractivity contribution in [2.45, 2.75) is 128 Å². The van der Waals surface area contributed by atoms with Crippen LogP contribution in [0.1, 0.15) is 116 Å². The third kappa shape index (κ3) is 12.2. The molecule has 80 heavy (non-hydrogen) atoms. The van der Waals surface area contributed by atoms with Gasteiger partial charge in [0.05, 0.1) is 60.8 Å². The molecule has 0 radical (unpaired) electrons. The molecule has 2 aromatic carbocycles. The Kier molecular flexibility index (Phi) is 17.3.